The number of hydrogen-bond donors (Lipinski definition) is 1. The largest absolute Gasteiger partial charge is 0.507 e. The molecule has 12 rings (SSSR count). The highest BCUT2D eigenvalue weighted by atomic mass is 16.3. The van der Waals surface area contributed by atoms with Gasteiger partial charge in [-0.3, -0.25) is 0 Å². The Kier molecular flexibility index (Phi) is 7.41. The van der Waals surface area contributed by atoms with Crippen molar-refractivity contribution in [1.82, 2.24) is 9.13 Å². The van der Waals surface area contributed by atoms with Crippen molar-refractivity contribution >= 4 is 66.4 Å². The van der Waals surface area contributed by atoms with E-state index in [1.54, 1.807) is 6.07 Å². The van der Waals surface area contributed by atoms with Gasteiger partial charge in [0.15, 0.2) is 0 Å². The summed E-state index contributed by atoms with van der Waals surface area (Å²) >= 11 is 0. The predicted molar refractivity (Wildman–Crippen MR) is 244 cm³/mol. The minimum absolute atomic E-state index is 0.258. The molecule has 0 spiro atoms. The molecule has 0 bridgehead atoms. The lowest BCUT2D eigenvalue weighted by molar-refractivity contribution is 0.477. The van der Waals surface area contributed by atoms with Gasteiger partial charge in [0.1, 0.15) is 16.7 Å². The monoisotopic (exact) mass is 756 g/mol. The molecule has 0 aliphatic heterocycles. The van der Waals surface area contributed by atoms with Gasteiger partial charge in [0.05, 0.1) is 22.1 Å². The molecule has 3 aromatic heterocycles. The van der Waals surface area contributed by atoms with Crippen LogP contribution >= 0.6 is 0 Å². The summed E-state index contributed by atoms with van der Waals surface area (Å²) in [5.74, 6) is 0.258. The molecule has 8 aromatic carbocycles. The van der Waals surface area contributed by atoms with Crippen molar-refractivity contribution < 1.29 is 9.52 Å². The molecule has 278 valence electrons. The number of allylic oxidation sites excluding steroid dienone is 2. The number of aromatic hydroxyl groups is 1. The van der Waals surface area contributed by atoms with Gasteiger partial charge in [-0.2, -0.15) is 0 Å². The number of rotatable bonds is 5. The van der Waals surface area contributed by atoms with Crippen LogP contribution in [-0.2, 0) is 0 Å². The third-order valence-corrected chi connectivity index (χ3v) is 12.1. The molecule has 4 heteroatoms. The number of benzene rings is 8. The van der Waals surface area contributed by atoms with Crippen LogP contribution < -0.4 is 10.6 Å². The van der Waals surface area contributed by atoms with E-state index in [-0.39, 0.29) is 5.75 Å². The van der Waals surface area contributed by atoms with Crippen LogP contribution in [0.3, 0.4) is 0 Å². The maximum absolute atomic E-state index is 11.4. The van der Waals surface area contributed by atoms with Gasteiger partial charge in [-0.15, -0.1) is 0 Å². The normalized spacial score (nSPS) is 12.8. The fraction of sp³-hybridized carbons (Fsp3) is 0.0182. The van der Waals surface area contributed by atoms with E-state index < -0.39 is 0 Å². The Morgan fingerprint density at radius 1 is 0.475 bits per heavy atom. The Morgan fingerprint density at radius 3 is 1.98 bits per heavy atom. The van der Waals surface area contributed by atoms with E-state index >= 15 is 0 Å². The van der Waals surface area contributed by atoms with E-state index in [0.717, 1.165) is 82.7 Å². The van der Waals surface area contributed by atoms with Gasteiger partial charge in [-0.1, -0.05) is 146 Å². The van der Waals surface area contributed by atoms with Crippen LogP contribution in [0.5, 0.6) is 5.75 Å². The molecule has 1 aliphatic rings. The van der Waals surface area contributed by atoms with Crippen LogP contribution in [0.2, 0.25) is 0 Å². The van der Waals surface area contributed by atoms with Gasteiger partial charge in [0, 0.05) is 55.5 Å². The highest BCUT2D eigenvalue weighted by Gasteiger charge is 2.24. The van der Waals surface area contributed by atoms with Crippen molar-refractivity contribution in [3.05, 3.63) is 205 Å². The average molecular weight is 757 g/mol. The van der Waals surface area contributed by atoms with Crippen LogP contribution in [0.25, 0.3) is 105 Å². The molecular formula is C55H36N2O2. The Balaban J connectivity index is 1.22. The SMILES string of the molecule is Oc1cccc(-c2ccc3c4c5c6ccccc6n(-c6cccc(-c7ccccc7)c6)c5ccc4n(C4=c5c(oc6ccccc56)=CC=CC4)c3c2)c1-c1ccccc1. The fourth-order valence-electron chi connectivity index (χ4n) is 9.57. The van der Waals surface area contributed by atoms with E-state index in [1.807, 2.05) is 30.3 Å². The van der Waals surface area contributed by atoms with Gasteiger partial charge in [0.25, 0.3) is 0 Å². The second kappa shape index (κ2) is 13.1. The zero-order valence-corrected chi connectivity index (χ0v) is 32.0. The van der Waals surface area contributed by atoms with E-state index in [9.17, 15) is 5.11 Å². The maximum atomic E-state index is 11.4. The summed E-state index contributed by atoms with van der Waals surface area (Å²) in [4.78, 5) is 0. The topological polar surface area (TPSA) is 43.2 Å². The molecule has 3 heterocycles. The summed E-state index contributed by atoms with van der Waals surface area (Å²) in [6.07, 6.45) is 7.15. The molecule has 0 fully saturated rings. The number of para-hydroxylation sites is 2. The highest BCUT2D eigenvalue weighted by molar-refractivity contribution is 6.29. The number of phenols is 1. The minimum Gasteiger partial charge on any atom is -0.507 e. The lowest BCUT2D eigenvalue weighted by atomic mass is 9.93. The number of furan rings is 1. The van der Waals surface area contributed by atoms with Gasteiger partial charge in [-0.05, 0) is 82.4 Å². The first-order valence-corrected chi connectivity index (χ1v) is 20.1. The zero-order chi connectivity index (χ0) is 39.0. The maximum Gasteiger partial charge on any atom is 0.137 e. The summed E-state index contributed by atoms with van der Waals surface area (Å²) in [5.41, 5.74) is 14.7. The Labute approximate surface area is 339 Å². The molecule has 0 unspecified atom stereocenters. The summed E-state index contributed by atoms with van der Waals surface area (Å²) in [5, 5.41) is 18.4. The van der Waals surface area contributed by atoms with Gasteiger partial charge < -0.3 is 18.7 Å². The van der Waals surface area contributed by atoms with E-state index in [2.05, 4.69) is 173 Å². The first kappa shape index (κ1) is 33.3. The van der Waals surface area contributed by atoms with Crippen LogP contribution in [0.1, 0.15) is 6.42 Å². The number of aromatic nitrogens is 2. The summed E-state index contributed by atoms with van der Waals surface area (Å²) in [7, 11) is 0. The second-order valence-corrected chi connectivity index (χ2v) is 15.3. The minimum atomic E-state index is 0.258. The lowest BCUT2D eigenvalue weighted by Gasteiger charge is -2.14. The predicted octanol–water partition coefficient (Wildman–Crippen LogP) is 12.7. The van der Waals surface area contributed by atoms with Gasteiger partial charge >= 0.3 is 0 Å². The standard InChI is InChI=1S/C55H36N2O2/c58-49-26-14-23-40(52(49)36-17-5-2-6-18-36)38-29-30-42-48(34-38)57(45-25-10-12-28-51-53(45)43-22-8-11-27-50(43)59-51)47-32-31-46-54(55(42)47)41-21-7-9-24-44(41)56(46)39-20-13-19-37(33-39)35-15-3-1-4-16-35/h1-24,26-34,58H,25H2. The van der Waals surface area contributed by atoms with Crippen molar-refractivity contribution in [2.45, 2.75) is 6.42 Å². The van der Waals surface area contributed by atoms with Crippen molar-refractivity contribution in [1.29, 1.82) is 0 Å². The van der Waals surface area contributed by atoms with Crippen molar-refractivity contribution in [3.8, 4) is 44.8 Å². The van der Waals surface area contributed by atoms with Gasteiger partial charge in [-0.25, -0.2) is 0 Å². The Hall–Kier alpha value is -7.82. The van der Waals surface area contributed by atoms with Crippen molar-refractivity contribution in [3.63, 3.8) is 0 Å². The van der Waals surface area contributed by atoms with Crippen LogP contribution in [-0.4, -0.2) is 14.2 Å². The summed E-state index contributed by atoms with van der Waals surface area (Å²) in [6.45, 7) is 0. The molecule has 0 amide bonds. The van der Waals surface area contributed by atoms with Crippen molar-refractivity contribution in [2.24, 2.45) is 0 Å². The first-order chi connectivity index (χ1) is 29.2. The number of fused-ring (bicyclic) bond motifs is 10. The third kappa shape index (κ3) is 5.10. The first-order valence-electron chi connectivity index (χ1n) is 20.1. The van der Waals surface area contributed by atoms with E-state index in [4.69, 9.17) is 4.42 Å². The van der Waals surface area contributed by atoms with Crippen LogP contribution in [0.4, 0.5) is 0 Å². The molecule has 0 saturated heterocycles. The zero-order valence-electron chi connectivity index (χ0n) is 32.0. The quantitative estimate of drug-likeness (QED) is 0.190. The summed E-state index contributed by atoms with van der Waals surface area (Å²) < 4.78 is 11.4. The molecule has 1 N–H and O–H groups in total. The Morgan fingerprint density at radius 2 is 1.15 bits per heavy atom. The number of hydrogen-bond acceptors (Lipinski definition) is 2. The van der Waals surface area contributed by atoms with Crippen molar-refractivity contribution in [2.75, 3.05) is 0 Å². The van der Waals surface area contributed by atoms with Crippen LogP contribution in [0, 0.1) is 0 Å². The second-order valence-electron chi connectivity index (χ2n) is 15.3. The average Bonchev–Trinajstić information content (AvgIpc) is 3.89. The lowest BCUT2D eigenvalue weighted by Crippen LogP contribution is -2.25. The number of phenolic OH excluding ortho intramolecular Hbond substituents is 1. The van der Waals surface area contributed by atoms with E-state index in [1.165, 1.54) is 27.3 Å². The third-order valence-electron chi connectivity index (χ3n) is 12.1. The molecule has 0 saturated carbocycles. The van der Waals surface area contributed by atoms with E-state index in [0.29, 0.717) is 6.42 Å². The molecule has 0 radical (unpaired) electrons. The molecule has 4 nitrogen and oxygen atoms in total. The number of nitrogens with zero attached hydrogens (tertiary/aromatic N) is 2. The molecule has 11 aromatic rings. The molecule has 59 heavy (non-hydrogen) atoms. The fourth-order valence-corrected chi connectivity index (χ4v) is 9.57. The van der Waals surface area contributed by atoms with Crippen LogP contribution in [0.15, 0.2) is 199 Å². The summed E-state index contributed by atoms with van der Waals surface area (Å²) in [6, 6.07) is 64.1. The molecular weight excluding hydrogens is 721 g/mol. The molecule has 0 atom stereocenters. The Bertz CT molecular complexity index is 3640. The van der Waals surface area contributed by atoms with Gasteiger partial charge in [0.2, 0.25) is 0 Å². The highest BCUT2D eigenvalue weighted by Crippen LogP contribution is 2.45. The smallest absolute Gasteiger partial charge is 0.137 e. The molecule has 1 aliphatic carbocycles.